The predicted molar refractivity (Wildman–Crippen MR) is 87.8 cm³/mol. The van der Waals surface area contributed by atoms with Crippen molar-refractivity contribution in [2.75, 3.05) is 11.9 Å². The van der Waals surface area contributed by atoms with E-state index in [1.165, 1.54) is 4.90 Å². The molecule has 0 spiro atoms. The summed E-state index contributed by atoms with van der Waals surface area (Å²) >= 11 is 0. The molecule has 1 aliphatic heterocycles. The Hall–Kier alpha value is -2.24. The maximum Gasteiger partial charge on any atom is 0.407 e. The molecule has 2 atom stereocenters. The van der Waals surface area contributed by atoms with Gasteiger partial charge in [-0.2, -0.15) is 0 Å². The van der Waals surface area contributed by atoms with Crippen LogP contribution in [-0.4, -0.2) is 41.2 Å². The van der Waals surface area contributed by atoms with E-state index in [2.05, 4.69) is 5.32 Å². The van der Waals surface area contributed by atoms with Crippen molar-refractivity contribution < 1.29 is 19.4 Å². The van der Waals surface area contributed by atoms with Crippen LogP contribution in [0.25, 0.3) is 0 Å². The standard InChI is InChI=1S/C17H24N2O4/c1-17(2,3)15-10-14(7-8-19(15)16(21)22)23-13-6-4-5-12(9-13)18-11-20/h4-6,9,11,14-15H,7-8,10H2,1-3H3,(H,18,20)(H,21,22). The Morgan fingerprint density at radius 3 is 2.78 bits per heavy atom. The summed E-state index contributed by atoms with van der Waals surface area (Å²) in [5.74, 6) is 0.679. The first-order chi connectivity index (χ1) is 10.8. The number of amides is 2. The molecule has 1 aromatic carbocycles. The van der Waals surface area contributed by atoms with Gasteiger partial charge in [-0.1, -0.05) is 26.8 Å². The Morgan fingerprint density at radius 2 is 2.17 bits per heavy atom. The second kappa shape index (κ2) is 6.89. The van der Waals surface area contributed by atoms with Crippen molar-refractivity contribution in [3.63, 3.8) is 0 Å². The Morgan fingerprint density at radius 1 is 1.43 bits per heavy atom. The molecule has 1 fully saturated rings. The SMILES string of the molecule is CC(C)(C)C1CC(Oc2cccc(NC=O)c2)CCN1C(=O)O. The lowest BCUT2D eigenvalue weighted by molar-refractivity contribution is -0.105. The quantitative estimate of drug-likeness (QED) is 0.835. The van der Waals surface area contributed by atoms with Gasteiger partial charge in [0.05, 0.1) is 0 Å². The van der Waals surface area contributed by atoms with Crippen molar-refractivity contribution >= 4 is 18.2 Å². The molecule has 6 nitrogen and oxygen atoms in total. The van der Waals surface area contributed by atoms with Gasteiger partial charge >= 0.3 is 6.09 Å². The molecule has 0 aliphatic carbocycles. The molecule has 0 saturated carbocycles. The summed E-state index contributed by atoms with van der Waals surface area (Å²) in [4.78, 5) is 23.5. The zero-order chi connectivity index (χ0) is 17.0. The monoisotopic (exact) mass is 320 g/mol. The first-order valence-corrected chi connectivity index (χ1v) is 7.77. The van der Waals surface area contributed by atoms with Crippen LogP contribution < -0.4 is 10.1 Å². The normalized spacial score (nSPS) is 21.6. The van der Waals surface area contributed by atoms with E-state index in [9.17, 15) is 14.7 Å². The van der Waals surface area contributed by atoms with Crippen molar-refractivity contribution in [1.82, 2.24) is 4.90 Å². The van der Waals surface area contributed by atoms with Crippen molar-refractivity contribution in [2.24, 2.45) is 5.41 Å². The van der Waals surface area contributed by atoms with Crippen LogP contribution in [0.15, 0.2) is 24.3 Å². The van der Waals surface area contributed by atoms with Crippen LogP contribution in [-0.2, 0) is 4.79 Å². The number of carboxylic acid groups (broad SMARTS) is 1. The third-order valence-electron chi connectivity index (χ3n) is 4.16. The van der Waals surface area contributed by atoms with Gasteiger partial charge in [0.2, 0.25) is 6.41 Å². The molecule has 0 radical (unpaired) electrons. The second-order valence-electron chi connectivity index (χ2n) is 6.91. The number of carbonyl (C=O) groups excluding carboxylic acids is 1. The molecule has 2 rings (SSSR count). The van der Waals surface area contributed by atoms with Crippen molar-refractivity contribution in [2.45, 2.75) is 45.8 Å². The molecule has 2 N–H and O–H groups in total. The zero-order valence-corrected chi connectivity index (χ0v) is 13.8. The molecule has 0 bridgehead atoms. The number of nitrogens with zero attached hydrogens (tertiary/aromatic N) is 1. The van der Waals surface area contributed by atoms with E-state index in [-0.39, 0.29) is 17.6 Å². The van der Waals surface area contributed by atoms with Gasteiger partial charge in [-0.25, -0.2) is 4.79 Å². The highest BCUT2D eigenvalue weighted by molar-refractivity contribution is 5.71. The summed E-state index contributed by atoms with van der Waals surface area (Å²) in [6.07, 6.45) is 1.02. The molecule has 126 valence electrons. The van der Waals surface area contributed by atoms with E-state index >= 15 is 0 Å². The van der Waals surface area contributed by atoms with E-state index in [4.69, 9.17) is 4.74 Å². The maximum absolute atomic E-state index is 11.4. The highest BCUT2D eigenvalue weighted by Gasteiger charge is 2.39. The fraction of sp³-hybridized carbons (Fsp3) is 0.529. The van der Waals surface area contributed by atoms with Crippen molar-refractivity contribution in [3.8, 4) is 5.75 Å². The van der Waals surface area contributed by atoms with Gasteiger partial charge in [-0.3, -0.25) is 4.79 Å². The van der Waals surface area contributed by atoms with E-state index in [0.29, 0.717) is 37.2 Å². The van der Waals surface area contributed by atoms with Crippen LogP contribution in [0.1, 0.15) is 33.6 Å². The van der Waals surface area contributed by atoms with Crippen LogP contribution in [0.3, 0.4) is 0 Å². The largest absolute Gasteiger partial charge is 0.490 e. The molecular weight excluding hydrogens is 296 g/mol. The molecule has 0 aromatic heterocycles. The minimum Gasteiger partial charge on any atom is -0.490 e. The Balaban J connectivity index is 2.08. The minimum atomic E-state index is -0.874. The van der Waals surface area contributed by atoms with Gasteiger partial charge in [0, 0.05) is 37.2 Å². The average molecular weight is 320 g/mol. The summed E-state index contributed by atoms with van der Waals surface area (Å²) in [6, 6.07) is 7.12. The Bertz CT molecular complexity index is 568. The molecule has 1 heterocycles. The van der Waals surface area contributed by atoms with Gasteiger partial charge in [0.15, 0.2) is 0 Å². The molecule has 1 aliphatic rings. The lowest BCUT2D eigenvalue weighted by Crippen LogP contribution is -2.53. The number of carbonyl (C=O) groups is 2. The van der Waals surface area contributed by atoms with Gasteiger partial charge in [0.1, 0.15) is 11.9 Å². The molecule has 6 heteroatoms. The van der Waals surface area contributed by atoms with E-state index < -0.39 is 6.09 Å². The fourth-order valence-electron chi connectivity index (χ4n) is 3.01. The third-order valence-corrected chi connectivity index (χ3v) is 4.16. The number of anilines is 1. The highest BCUT2D eigenvalue weighted by Crippen LogP contribution is 2.33. The number of nitrogens with one attached hydrogen (secondary N) is 1. The summed E-state index contributed by atoms with van der Waals surface area (Å²) in [5.41, 5.74) is 0.522. The molecular formula is C17H24N2O4. The average Bonchev–Trinajstić information content (AvgIpc) is 2.47. The van der Waals surface area contributed by atoms with E-state index in [1.807, 2.05) is 32.9 Å². The molecule has 23 heavy (non-hydrogen) atoms. The molecule has 2 amide bonds. The smallest absolute Gasteiger partial charge is 0.407 e. The fourth-order valence-corrected chi connectivity index (χ4v) is 3.01. The summed E-state index contributed by atoms with van der Waals surface area (Å²) in [5, 5.41) is 12.0. The Labute approximate surface area is 136 Å². The minimum absolute atomic E-state index is 0.0405. The topological polar surface area (TPSA) is 78.9 Å². The Kier molecular flexibility index (Phi) is 5.13. The van der Waals surface area contributed by atoms with Gasteiger partial charge < -0.3 is 20.1 Å². The zero-order valence-electron chi connectivity index (χ0n) is 13.8. The van der Waals surface area contributed by atoms with Crippen LogP contribution in [0.4, 0.5) is 10.5 Å². The predicted octanol–water partition coefficient (Wildman–Crippen LogP) is 3.19. The second-order valence-corrected chi connectivity index (χ2v) is 6.91. The number of ether oxygens (including phenoxy) is 1. The van der Waals surface area contributed by atoms with Crippen molar-refractivity contribution in [3.05, 3.63) is 24.3 Å². The summed E-state index contributed by atoms with van der Waals surface area (Å²) in [7, 11) is 0. The van der Waals surface area contributed by atoms with Crippen LogP contribution in [0, 0.1) is 5.41 Å². The van der Waals surface area contributed by atoms with Gasteiger partial charge in [-0.05, 0) is 17.5 Å². The van der Waals surface area contributed by atoms with Gasteiger partial charge in [-0.15, -0.1) is 0 Å². The summed E-state index contributed by atoms with van der Waals surface area (Å²) < 4.78 is 6.02. The molecule has 1 saturated heterocycles. The number of piperidine rings is 1. The number of rotatable bonds is 4. The number of hydrogen-bond donors (Lipinski definition) is 2. The maximum atomic E-state index is 11.4. The lowest BCUT2D eigenvalue weighted by atomic mass is 9.80. The van der Waals surface area contributed by atoms with E-state index in [1.54, 1.807) is 12.1 Å². The molecule has 2 unspecified atom stereocenters. The lowest BCUT2D eigenvalue weighted by Gasteiger charge is -2.44. The van der Waals surface area contributed by atoms with Crippen LogP contribution >= 0.6 is 0 Å². The third kappa shape index (κ3) is 4.37. The van der Waals surface area contributed by atoms with Gasteiger partial charge in [0.25, 0.3) is 0 Å². The summed E-state index contributed by atoms with van der Waals surface area (Å²) in [6.45, 7) is 6.61. The number of hydrogen-bond acceptors (Lipinski definition) is 3. The van der Waals surface area contributed by atoms with Crippen LogP contribution in [0.5, 0.6) is 5.75 Å². The van der Waals surface area contributed by atoms with Crippen molar-refractivity contribution in [1.29, 1.82) is 0 Å². The first kappa shape index (κ1) is 17.1. The first-order valence-electron chi connectivity index (χ1n) is 7.77. The van der Waals surface area contributed by atoms with E-state index in [0.717, 1.165) is 0 Å². The highest BCUT2D eigenvalue weighted by atomic mass is 16.5. The molecule has 1 aromatic rings. The van der Waals surface area contributed by atoms with Crippen LogP contribution in [0.2, 0.25) is 0 Å². The number of likely N-dealkylation sites (tertiary alicyclic amines) is 1. The number of benzene rings is 1.